The molecule has 4 rings (SSSR count). The third kappa shape index (κ3) is 4.45. The summed E-state index contributed by atoms with van der Waals surface area (Å²) in [6, 6.07) is 18.3. The van der Waals surface area contributed by atoms with Crippen LogP contribution in [0.25, 0.3) is 10.9 Å². The molecular formula is C21H21N3O4S. The second-order valence-electron chi connectivity index (χ2n) is 6.88. The van der Waals surface area contributed by atoms with E-state index in [1.54, 1.807) is 23.2 Å². The number of nitrogens with zero attached hydrogens (tertiary/aromatic N) is 2. The van der Waals surface area contributed by atoms with Gasteiger partial charge >= 0.3 is 0 Å². The normalized spacial score (nSPS) is 17.6. The summed E-state index contributed by atoms with van der Waals surface area (Å²) in [6.07, 6.45) is 1.15. The number of pyridine rings is 1. The third-order valence-electron chi connectivity index (χ3n) is 4.82. The Hall–Kier alpha value is -2.81. The predicted octanol–water partition coefficient (Wildman–Crippen LogP) is 1.94. The summed E-state index contributed by atoms with van der Waals surface area (Å²) in [6.45, 7) is 0.808. The Morgan fingerprint density at radius 1 is 1.07 bits per heavy atom. The van der Waals surface area contributed by atoms with Crippen molar-refractivity contribution in [2.24, 2.45) is 0 Å². The summed E-state index contributed by atoms with van der Waals surface area (Å²) in [5.41, 5.74) is 1.44. The van der Waals surface area contributed by atoms with Gasteiger partial charge in [0, 0.05) is 31.2 Å². The lowest BCUT2D eigenvalue weighted by Gasteiger charge is -2.33. The van der Waals surface area contributed by atoms with Crippen molar-refractivity contribution >= 4 is 26.8 Å². The molecule has 1 saturated heterocycles. The zero-order chi connectivity index (χ0) is 20.3. The number of sulfonamides is 1. The SMILES string of the molecule is O=C1COC(CNS(=O)(=O)c2cccc3cccnc23)CN1Cc1ccccc1. The number of aromatic nitrogens is 1. The van der Waals surface area contributed by atoms with Crippen molar-refractivity contribution in [2.45, 2.75) is 17.5 Å². The molecule has 29 heavy (non-hydrogen) atoms. The topological polar surface area (TPSA) is 88.6 Å². The lowest BCUT2D eigenvalue weighted by atomic mass is 10.2. The molecule has 1 aliphatic heterocycles. The van der Waals surface area contributed by atoms with E-state index in [1.165, 1.54) is 6.07 Å². The molecule has 3 aromatic rings. The molecule has 0 spiro atoms. The highest BCUT2D eigenvalue weighted by Gasteiger charge is 2.28. The summed E-state index contributed by atoms with van der Waals surface area (Å²) in [5.74, 6) is -0.105. The number of ether oxygens (including phenoxy) is 1. The van der Waals surface area contributed by atoms with E-state index in [0.29, 0.717) is 18.6 Å². The van der Waals surface area contributed by atoms with Crippen LogP contribution in [-0.2, 0) is 26.1 Å². The largest absolute Gasteiger partial charge is 0.365 e. The fourth-order valence-corrected chi connectivity index (χ4v) is 4.58. The standard InChI is InChI=1S/C21H21N3O4S/c25-20-15-28-18(14-24(20)13-16-6-2-1-3-7-16)12-23-29(26,27)19-10-4-8-17-9-5-11-22-21(17)19/h1-11,18,23H,12-15H2. The molecule has 0 aliphatic carbocycles. The highest BCUT2D eigenvalue weighted by Crippen LogP contribution is 2.20. The highest BCUT2D eigenvalue weighted by molar-refractivity contribution is 7.89. The van der Waals surface area contributed by atoms with Crippen molar-refractivity contribution in [1.29, 1.82) is 0 Å². The third-order valence-corrected chi connectivity index (χ3v) is 6.28. The molecule has 8 heteroatoms. The molecular weight excluding hydrogens is 390 g/mol. The van der Waals surface area contributed by atoms with Crippen molar-refractivity contribution in [3.05, 3.63) is 72.4 Å². The molecule has 1 aliphatic rings. The fraction of sp³-hybridized carbons (Fsp3) is 0.238. The van der Waals surface area contributed by atoms with E-state index in [9.17, 15) is 13.2 Å². The number of benzene rings is 2. The van der Waals surface area contributed by atoms with Gasteiger partial charge in [0.2, 0.25) is 15.9 Å². The number of fused-ring (bicyclic) bond motifs is 1. The molecule has 1 amide bonds. The predicted molar refractivity (Wildman–Crippen MR) is 109 cm³/mol. The van der Waals surface area contributed by atoms with E-state index in [4.69, 9.17) is 4.74 Å². The average Bonchev–Trinajstić information content (AvgIpc) is 2.74. The molecule has 0 radical (unpaired) electrons. The van der Waals surface area contributed by atoms with Crippen LogP contribution in [0.4, 0.5) is 0 Å². The molecule has 7 nitrogen and oxygen atoms in total. The smallest absolute Gasteiger partial charge is 0.248 e. The van der Waals surface area contributed by atoms with E-state index in [-0.39, 0.29) is 24.0 Å². The maximum absolute atomic E-state index is 12.8. The molecule has 150 valence electrons. The van der Waals surface area contributed by atoms with Gasteiger partial charge in [-0.05, 0) is 17.7 Å². The molecule has 0 bridgehead atoms. The van der Waals surface area contributed by atoms with Crippen LogP contribution in [0.2, 0.25) is 0 Å². The van der Waals surface area contributed by atoms with Crippen molar-refractivity contribution in [3.8, 4) is 0 Å². The summed E-state index contributed by atoms with van der Waals surface area (Å²) >= 11 is 0. The lowest BCUT2D eigenvalue weighted by molar-refractivity contribution is -0.149. The van der Waals surface area contributed by atoms with Crippen LogP contribution >= 0.6 is 0 Å². The minimum atomic E-state index is -3.77. The van der Waals surface area contributed by atoms with E-state index in [0.717, 1.165) is 10.9 Å². The van der Waals surface area contributed by atoms with Crippen LogP contribution in [0, 0.1) is 0 Å². The number of nitrogens with one attached hydrogen (secondary N) is 1. The number of morpholine rings is 1. The molecule has 2 aromatic carbocycles. The number of amides is 1. The molecule has 0 saturated carbocycles. The van der Waals surface area contributed by atoms with Crippen molar-refractivity contribution in [3.63, 3.8) is 0 Å². The van der Waals surface area contributed by atoms with Gasteiger partial charge in [-0.2, -0.15) is 0 Å². The van der Waals surface area contributed by atoms with Crippen LogP contribution in [0.15, 0.2) is 71.8 Å². The first-order valence-corrected chi connectivity index (χ1v) is 10.8. The highest BCUT2D eigenvalue weighted by atomic mass is 32.2. The van der Waals surface area contributed by atoms with Gasteiger partial charge < -0.3 is 9.64 Å². The maximum Gasteiger partial charge on any atom is 0.248 e. The molecule has 2 heterocycles. The van der Waals surface area contributed by atoms with Gasteiger partial charge in [-0.1, -0.05) is 48.5 Å². The zero-order valence-corrected chi connectivity index (χ0v) is 16.5. The van der Waals surface area contributed by atoms with Gasteiger partial charge in [-0.25, -0.2) is 13.1 Å². The van der Waals surface area contributed by atoms with Gasteiger partial charge in [-0.3, -0.25) is 9.78 Å². The first-order valence-electron chi connectivity index (χ1n) is 9.30. The Morgan fingerprint density at radius 2 is 1.86 bits per heavy atom. The number of carbonyl (C=O) groups excluding carboxylic acids is 1. The van der Waals surface area contributed by atoms with E-state index in [2.05, 4.69) is 9.71 Å². The van der Waals surface area contributed by atoms with Gasteiger partial charge in [0.15, 0.2) is 0 Å². The summed E-state index contributed by atoms with van der Waals surface area (Å²) in [4.78, 5) is 18.2. The number of carbonyl (C=O) groups is 1. The fourth-order valence-electron chi connectivity index (χ4n) is 3.33. The summed E-state index contributed by atoms with van der Waals surface area (Å²) in [7, 11) is -3.77. The lowest BCUT2D eigenvalue weighted by Crippen LogP contribution is -2.50. The Bertz CT molecular complexity index is 1110. The monoisotopic (exact) mass is 411 g/mol. The van der Waals surface area contributed by atoms with Crippen molar-refractivity contribution in [2.75, 3.05) is 19.7 Å². The van der Waals surface area contributed by atoms with Gasteiger partial charge in [0.25, 0.3) is 0 Å². The Balaban J connectivity index is 1.44. The average molecular weight is 411 g/mol. The van der Waals surface area contributed by atoms with Gasteiger partial charge in [-0.15, -0.1) is 0 Å². The Labute approximate surface area is 169 Å². The Morgan fingerprint density at radius 3 is 2.69 bits per heavy atom. The second-order valence-corrected chi connectivity index (χ2v) is 8.61. The number of hydrogen-bond acceptors (Lipinski definition) is 5. The first-order chi connectivity index (χ1) is 14.0. The van der Waals surface area contributed by atoms with Crippen molar-refractivity contribution in [1.82, 2.24) is 14.6 Å². The minimum Gasteiger partial charge on any atom is -0.365 e. The number of hydrogen-bond donors (Lipinski definition) is 1. The van der Waals surface area contributed by atoms with E-state index >= 15 is 0 Å². The molecule has 1 aromatic heterocycles. The van der Waals surface area contributed by atoms with Crippen LogP contribution < -0.4 is 4.72 Å². The molecule has 1 unspecified atom stereocenters. The minimum absolute atomic E-state index is 0.0605. The van der Waals surface area contributed by atoms with Gasteiger partial charge in [0.1, 0.15) is 11.5 Å². The molecule has 1 fully saturated rings. The molecule has 1 atom stereocenters. The second kappa shape index (κ2) is 8.28. The zero-order valence-electron chi connectivity index (χ0n) is 15.7. The quantitative estimate of drug-likeness (QED) is 0.670. The first kappa shape index (κ1) is 19.5. The van der Waals surface area contributed by atoms with Gasteiger partial charge in [0.05, 0.1) is 11.6 Å². The Kier molecular flexibility index (Phi) is 5.57. The maximum atomic E-state index is 12.8. The van der Waals surface area contributed by atoms with E-state index in [1.807, 2.05) is 42.5 Å². The number of rotatable bonds is 6. The van der Waals surface area contributed by atoms with Crippen LogP contribution in [0.1, 0.15) is 5.56 Å². The van der Waals surface area contributed by atoms with E-state index < -0.39 is 16.1 Å². The number of para-hydroxylation sites is 1. The summed E-state index contributed by atoms with van der Waals surface area (Å²) < 4.78 is 33.8. The van der Waals surface area contributed by atoms with Crippen LogP contribution in [0.5, 0.6) is 0 Å². The summed E-state index contributed by atoms with van der Waals surface area (Å²) in [5, 5.41) is 0.754. The molecule has 1 N–H and O–H groups in total. The van der Waals surface area contributed by atoms with Crippen molar-refractivity contribution < 1.29 is 17.9 Å². The van der Waals surface area contributed by atoms with Crippen LogP contribution in [0.3, 0.4) is 0 Å². The van der Waals surface area contributed by atoms with Crippen LogP contribution in [-0.4, -0.2) is 50.0 Å².